The van der Waals surface area contributed by atoms with Crippen LogP contribution in [-0.4, -0.2) is 62.3 Å². The van der Waals surface area contributed by atoms with Gasteiger partial charge in [-0.25, -0.2) is 8.42 Å². The van der Waals surface area contributed by atoms with Crippen molar-refractivity contribution >= 4 is 27.5 Å². The van der Waals surface area contributed by atoms with Gasteiger partial charge < -0.3 is 10.2 Å². The molecule has 0 aliphatic heterocycles. The Morgan fingerprint density at radius 1 is 1.18 bits per heavy atom. The SMILES string of the molecule is CCN(CC)CCCC(C)NC(=O)c1cc(S(=O)(=O)N(C)C(C)C)ccc1Cl. The molecule has 1 amide bonds. The van der Waals surface area contributed by atoms with Crippen LogP contribution in [0.1, 0.15) is 57.8 Å². The zero-order valence-corrected chi connectivity index (χ0v) is 19.4. The molecule has 0 spiro atoms. The van der Waals surface area contributed by atoms with Crippen molar-refractivity contribution in [3.63, 3.8) is 0 Å². The fraction of sp³-hybridized carbons (Fsp3) is 0.650. The number of nitrogens with zero attached hydrogens (tertiary/aromatic N) is 2. The Hall–Kier alpha value is -1.15. The molecule has 1 rings (SSSR count). The fourth-order valence-electron chi connectivity index (χ4n) is 2.82. The zero-order chi connectivity index (χ0) is 21.5. The van der Waals surface area contributed by atoms with E-state index in [-0.39, 0.29) is 33.5 Å². The predicted molar refractivity (Wildman–Crippen MR) is 115 cm³/mol. The summed E-state index contributed by atoms with van der Waals surface area (Å²) in [5, 5.41) is 3.16. The molecule has 0 saturated carbocycles. The molecule has 0 fully saturated rings. The summed E-state index contributed by atoms with van der Waals surface area (Å²) in [6.07, 6.45) is 1.82. The normalized spacial score (nSPS) is 13.4. The Labute approximate surface area is 175 Å². The molecule has 160 valence electrons. The third-order valence-corrected chi connectivity index (χ3v) is 7.33. The molecule has 0 radical (unpaired) electrons. The molecule has 1 N–H and O–H groups in total. The average Bonchev–Trinajstić information content (AvgIpc) is 2.64. The second kappa shape index (κ2) is 11.1. The molecule has 28 heavy (non-hydrogen) atoms. The minimum absolute atomic E-state index is 0.0299. The van der Waals surface area contributed by atoms with Crippen LogP contribution in [0.15, 0.2) is 23.1 Å². The van der Waals surface area contributed by atoms with Crippen LogP contribution >= 0.6 is 11.6 Å². The maximum absolute atomic E-state index is 12.7. The quantitative estimate of drug-likeness (QED) is 0.581. The summed E-state index contributed by atoms with van der Waals surface area (Å²) >= 11 is 6.17. The van der Waals surface area contributed by atoms with E-state index in [2.05, 4.69) is 24.1 Å². The topological polar surface area (TPSA) is 69.7 Å². The lowest BCUT2D eigenvalue weighted by Crippen LogP contribution is -2.35. The highest BCUT2D eigenvalue weighted by Gasteiger charge is 2.25. The molecular weight excluding hydrogens is 398 g/mol. The molecule has 6 nitrogen and oxygen atoms in total. The lowest BCUT2D eigenvalue weighted by molar-refractivity contribution is 0.0937. The first-order chi connectivity index (χ1) is 13.0. The molecule has 1 atom stereocenters. The first-order valence-corrected chi connectivity index (χ1v) is 11.7. The van der Waals surface area contributed by atoms with Crippen LogP contribution in [0.2, 0.25) is 5.02 Å². The van der Waals surface area contributed by atoms with Crippen LogP contribution in [-0.2, 0) is 10.0 Å². The Balaban J connectivity index is 2.86. The van der Waals surface area contributed by atoms with Gasteiger partial charge in [-0.2, -0.15) is 4.31 Å². The van der Waals surface area contributed by atoms with Gasteiger partial charge in [0, 0.05) is 19.1 Å². The summed E-state index contributed by atoms with van der Waals surface area (Å²) < 4.78 is 26.7. The van der Waals surface area contributed by atoms with Crippen LogP contribution in [0.5, 0.6) is 0 Å². The number of benzene rings is 1. The minimum Gasteiger partial charge on any atom is -0.350 e. The van der Waals surface area contributed by atoms with Crippen molar-refractivity contribution in [2.75, 3.05) is 26.7 Å². The van der Waals surface area contributed by atoms with E-state index in [1.165, 1.54) is 29.6 Å². The number of nitrogens with one attached hydrogen (secondary N) is 1. The van der Waals surface area contributed by atoms with Crippen LogP contribution in [0, 0.1) is 0 Å². The first kappa shape index (κ1) is 24.9. The van der Waals surface area contributed by atoms with E-state index >= 15 is 0 Å². The molecule has 8 heteroatoms. The van der Waals surface area contributed by atoms with E-state index in [1.54, 1.807) is 13.8 Å². The first-order valence-electron chi connectivity index (χ1n) is 9.85. The smallest absolute Gasteiger partial charge is 0.253 e. The van der Waals surface area contributed by atoms with Crippen molar-refractivity contribution < 1.29 is 13.2 Å². The Bertz CT molecular complexity index is 749. The lowest BCUT2D eigenvalue weighted by Gasteiger charge is -2.22. The summed E-state index contributed by atoms with van der Waals surface area (Å²) in [4.78, 5) is 15.1. The zero-order valence-electron chi connectivity index (χ0n) is 17.8. The van der Waals surface area contributed by atoms with Gasteiger partial charge in [-0.15, -0.1) is 0 Å². The third kappa shape index (κ3) is 6.72. The number of rotatable bonds is 11. The Kier molecular flexibility index (Phi) is 9.90. The molecule has 1 unspecified atom stereocenters. The maximum atomic E-state index is 12.7. The summed E-state index contributed by atoms with van der Waals surface area (Å²) in [5.74, 6) is -0.357. The largest absolute Gasteiger partial charge is 0.350 e. The summed E-state index contributed by atoms with van der Waals surface area (Å²) in [6.45, 7) is 12.8. The number of hydrogen-bond acceptors (Lipinski definition) is 4. The molecule has 0 bridgehead atoms. The van der Waals surface area contributed by atoms with Crippen LogP contribution in [0.4, 0.5) is 0 Å². The number of carbonyl (C=O) groups is 1. The summed E-state index contributed by atoms with van der Waals surface area (Å²) in [6, 6.07) is 4.03. The van der Waals surface area contributed by atoms with Crippen LogP contribution in [0.3, 0.4) is 0 Å². The van der Waals surface area contributed by atoms with Gasteiger partial charge in [0.25, 0.3) is 5.91 Å². The van der Waals surface area contributed by atoms with Gasteiger partial charge in [-0.1, -0.05) is 25.4 Å². The fourth-order valence-corrected chi connectivity index (χ4v) is 4.42. The predicted octanol–water partition coefficient (Wildman–Crippen LogP) is 3.61. The lowest BCUT2D eigenvalue weighted by atomic mass is 10.1. The van der Waals surface area contributed by atoms with Gasteiger partial charge in [0.1, 0.15) is 0 Å². The van der Waals surface area contributed by atoms with E-state index in [0.29, 0.717) is 0 Å². The van der Waals surface area contributed by atoms with Crippen molar-refractivity contribution in [1.82, 2.24) is 14.5 Å². The van der Waals surface area contributed by atoms with E-state index < -0.39 is 10.0 Å². The molecular formula is C20H34ClN3O3S. The van der Waals surface area contributed by atoms with Crippen molar-refractivity contribution in [1.29, 1.82) is 0 Å². The summed E-state index contributed by atoms with van der Waals surface area (Å²) in [7, 11) is -2.16. The van der Waals surface area contributed by atoms with Crippen molar-refractivity contribution in [3.05, 3.63) is 28.8 Å². The molecule has 1 aromatic rings. The van der Waals surface area contributed by atoms with Gasteiger partial charge in [0.05, 0.1) is 15.5 Å². The monoisotopic (exact) mass is 431 g/mol. The number of amides is 1. The minimum atomic E-state index is -3.68. The van der Waals surface area contributed by atoms with Gasteiger partial charge in [-0.3, -0.25) is 4.79 Å². The van der Waals surface area contributed by atoms with Crippen LogP contribution < -0.4 is 5.32 Å². The third-order valence-electron chi connectivity index (χ3n) is 4.97. The highest BCUT2D eigenvalue weighted by molar-refractivity contribution is 7.89. The molecule has 0 aliphatic carbocycles. The highest BCUT2D eigenvalue weighted by Crippen LogP contribution is 2.23. The molecule has 0 saturated heterocycles. The standard InChI is InChI=1S/C20H34ClN3O3S/c1-7-24(8-2)13-9-10-16(5)22-20(25)18-14-17(11-12-19(18)21)28(26,27)23(6)15(3)4/h11-12,14-16H,7-10,13H2,1-6H3,(H,22,25). The average molecular weight is 432 g/mol. The second-order valence-corrected chi connectivity index (χ2v) is 9.70. The van der Waals surface area contributed by atoms with Crippen molar-refractivity contribution in [2.45, 2.75) is 64.4 Å². The van der Waals surface area contributed by atoms with Gasteiger partial charge in [0.2, 0.25) is 10.0 Å². The van der Waals surface area contributed by atoms with E-state index in [1.807, 2.05) is 6.92 Å². The molecule has 0 aliphatic rings. The molecule has 1 aromatic carbocycles. The second-order valence-electron chi connectivity index (χ2n) is 7.30. The Morgan fingerprint density at radius 2 is 1.79 bits per heavy atom. The molecule has 0 heterocycles. The van der Waals surface area contributed by atoms with Crippen molar-refractivity contribution in [2.24, 2.45) is 0 Å². The number of carbonyl (C=O) groups excluding carboxylic acids is 1. The molecule has 0 aromatic heterocycles. The highest BCUT2D eigenvalue weighted by atomic mass is 35.5. The maximum Gasteiger partial charge on any atom is 0.253 e. The van der Waals surface area contributed by atoms with Crippen LogP contribution in [0.25, 0.3) is 0 Å². The summed E-state index contributed by atoms with van der Waals surface area (Å²) in [5.41, 5.74) is 0.176. The van der Waals surface area contributed by atoms with Gasteiger partial charge in [0.15, 0.2) is 0 Å². The van der Waals surface area contributed by atoms with E-state index in [9.17, 15) is 13.2 Å². The van der Waals surface area contributed by atoms with E-state index in [0.717, 1.165) is 32.5 Å². The number of sulfonamides is 1. The van der Waals surface area contributed by atoms with Crippen molar-refractivity contribution in [3.8, 4) is 0 Å². The van der Waals surface area contributed by atoms with Gasteiger partial charge in [-0.05, 0) is 71.4 Å². The number of hydrogen-bond donors (Lipinski definition) is 1. The van der Waals surface area contributed by atoms with E-state index in [4.69, 9.17) is 11.6 Å². The van der Waals surface area contributed by atoms with Gasteiger partial charge >= 0.3 is 0 Å². The number of halogens is 1. The Morgan fingerprint density at radius 3 is 2.32 bits per heavy atom.